The first kappa shape index (κ1) is 16.7. The summed E-state index contributed by atoms with van der Waals surface area (Å²) in [6.07, 6.45) is 5.03. The van der Waals surface area contributed by atoms with E-state index in [0.717, 1.165) is 0 Å². The Hall–Kier alpha value is -2.48. The van der Waals surface area contributed by atoms with Crippen molar-refractivity contribution in [3.63, 3.8) is 0 Å². The highest BCUT2D eigenvalue weighted by Gasteiger charge is 2.32. The second-order valence-corrected chi connectivity index (χ2v) is 8.30. The Kier molecular flexibility index (Phi) is 3.89. The molecule has 2 heteroatoms. The minimum Gasteiger partial charge on any atom is -0.311 e. The number of fused-ring (bicyclic) bond motifs is 3. The summed E-state index contributed by atoms with van der Waals surface area (Å²) < 4.78 is 0. The Labute approximate surface area is 163 Å². The molecule has 134 valence electrons. The summed E-state index contributed by atoms with van der Waals surface area (Å²) in [7, 11) is 0. The van der Waals surface area contributed by atoms with Crippen LogP contribution in [0.5, 0.6) is 0 Å². The molecular formula is C25H26BN. The topological polar surface area (TPSA) is 3.24 Å². The zero-order valence-corrected chi connectivity index (χ0v) is 16.5. The van der Waals surface area contributed by atoms with Gasteiger partial charge in [-0.2, -0.15) is 0 Å². The Morgan fingerprint density at radius 2 is 1.37 bits per heavy atom. The average Bonchev–Trinajstić information content (AvgIpc) is 2.69. The van der Waals surface area contributed by atoms with Crippen LogP contribution in [0.25, 0.3) is 0 Å². The highest BCUT2D eigenvalue weighted by Crippen LogP contribution is 2.40. The van der Waals surface area contributed by atoms with Crippen LogP contribution in [0.3, 0.4) is 0 Å². The van der Waals surface area contributed by atoms with Gasteiger partial charge in [0.05, 0.1) is 0 Å². The normalized spacial score (nSPS) is 15.2. The molecule has 3 aromatic carbocycles. The number of anilines is 3. The van der Waals surface area contributed by atoms with Crippen molar-refractivity contribution in [2.24, 2.45) is 0 Å². The van der Waals surface area contributed by atoms with Crippen molar-refractivity contribution >= 4 is 34.7 Å². The maximum Gasteiger partial charge on any atom is 0.211 e. The van der Waals surface area contributed by atoms with E-state index >= 15 is 0 Å². The summed E-state index contributed by atoms with van der Waals surface area (Å²) in [6, 6.07) is 20.8. The third-order valence-electron chi connectivity index (χ3n) is 6.39. The molecule has 2 aliphatic rings. The largest absolute Gasteiger partial charge is 0.311 e. The van der Waals surface area contributed by atoms with Gasteiger partial charge in [0, 0.05) is 17.1 Å². The van der Waals surface area contributed by atoms with Crippen molar-refractivity contribution in [3.05, 3.63) is 76.9 Å². The molecule has 0 bridgehead atoms. The van der Waals surface area contributed by atoms with Gasteiger partial charge in [-0.1, -0.05) is 65.3 Å². The minimum atomic E-state index is 0.422. The van der Waals surface area contributed by atoms with Gasteiger partial charge in [-0.25, -0.2) is 0 Å². The van der Waals surface area contributed by atoms with E-state index in [2.05, 4.69) is 80.2 Å². The molecule has 0 fully saturated rings. The molecule has 0 atom stereocenters. The van der Waals surface area contributed by atoms with Gasteiger partial charge in [-0.05, 0) is 68.9 Å². The van der Waals surface area contributed by atoms with Crippen molar-refractivity contribution in [2.45, 2.75) is 46.4 Å². The Morgan fingerprint density at radius 3 is 2.04 bits per heavy atom. The third-order valence-corrected chi connectivity index (χ3v) is 6.39. The van der Waals surface area contributed by atoms with Crippen LogP contribution in [-0.2, 0) is 12.8 Å². The lowest BCUT2D eigenvalue weighted by atomic mass is 9.40. The maximum atomic E-state index is 2.54. The predicted molar refractivity (Wildman–Crippen MR) is 118 cm³/mol. The summed E-state index contributed by atoms with van der Waals surface area (Å²) in [4.78, 5) is 2.54. The molecule has 0 amide bonds. The first-order valence-corrected chi connectivity index (χ1v) is 10.3. The first-order valence-electron chi connectivity index (χ1n) is 10.3. The Bertz CT molecular complexity index is 983. The highest BCUT2D eigenvalue weighted by atomic mass is 15.2. The van der Waals surface area contributed by atoms with Crippen molar-refractivity contribution in [1.82, 2.24) is 0 Å². The SMILES string of the molecule is CB1c2cc(C)ccc2N(c2cccc3c2CCCC3)c2ccc(C)cc21. The van der Waals surface area contributed by atoms with Crippen molar-refractivity contribution in [3.8, 4) is 0 Å². The lowest BCUT2D eigenvalue weighted by Crippen LogP contribution is -2.48. The molecule has 1 nitrogen and oxygen atoms in total. The van der Waals surface area contributed by atoms with Gasteiger partial charge in [0.1, 0.15) is 0 Å². The molecule has 1 heterocycles. The number of nitrogens with zero attached hydrogens (tertiary/aromatic N) is 1. The molecule has 0 N–H and O–H groups in total. The fourth-order valence-electron chi connectivity index (χ4n) is 4.98. The van der Waals surface area contributed by atoms with Crippen LogP contribution in [0.4, 0.5) is 17.1 Å². The maximum absolute atomic E-state index is 2.54. The van der Waals surface area contributed by atoms with E-state index < -0.39 is 0 Å². The predicted octanol–water partition coefficient (Wildman–Crippen LogP) is 5.20. The number of aryl methyl sites for hydroxylation is 3. The van der Waals surface area contributed by atoms with Crippen LogP contribution in [-0.4, -0.2) is 6.71 Å². The van der Waals surface area contributed by atoms with Crippen molar-refractivity contribution < 1.29 is 0 Å². The molecule has 27 heavy (non-hydrogen) atoms. The smallest absolute Gasteiger partial charge is 0.211 e. The van der Waals surface area contributed by atoms with Crippen LogP contribution in [0, 0.1) is 13.8 Å². The monoisotopic (exact) mass is 351 g/mol. The Balaban J connectivity index is 1.80. The van der Waals surface area contributed by atoms with E-state index in [4.69, 9.17) is 0 Å². The molecule has 0 unspecified atom stereocenters. The lowest BCUT2D eigenvalue weighted by Gasteiger charge is -2.38. The van der Waals surface area contributed by atoms with E-state index in [1.807, 2.05) is 0 Å². The lowest BCUT2D eigenvalue weighted by molar-refractivity contribution is 0.686. The summed E-state index contributed by atoms with van der Waals surface area (Å²) in [5.41, 5.74) is 12.7. The van der Waals surface area contributed by atoms with E-state index in [9.17, 15) is 0 Å². The highest BCUT2D eigenvalue weighted by molar-refractivity contribution is 6.87. The zero-order valence-electron chi connectivity index (χ0n) is 16.5. The van der Waals surface area contributed by atoms with Crippen LogP contribution in [0.2, 0.25) is 6.82 Å². The van der Waals surface area contributed by atoms with Gasteiger partial charge in [-0.3, -0.25) is 0 Å². The van der Waals surface area contributed by atoms with E-state index in [0.29, 0.717) is 6.71 Å². The average molecular weight is 351 g/mol. The van der Waals surface area contributed by atoms with Crippen molar-refractivity contribution in [1.29, 1.82) is 0 Å². The van der Waals surface area contributed by atoms with E-state index in [1.165, 1.54) is 64.8 Å². The van der Waals surface area contributed by atoms with Gasteiger partial charge in [-0.15, -0.1) is 0 Å². The molecule has 0 saturated heterocycles. The molecule has 0 aromatic heterocycles. The van der Waals surface area contributed by atoms with Crippen LogP contribution in [0.1, 0.15) is 35.1 Å². The fourth-order valence-corrected chi connectivity index (χ4v) is 4.98. The van der Waals surface area contributed by atoms with Gasteiger partial charge in [0.15, 0.2) is 0 Å². The van der Waals surface area contributed by atoms with Gasteiger partial charge in [0.25, 0.3) is 0 Å². The van der Waals surface area contributed by atoms with Gasteiger partial charge in [0.2, 0.25) is 6.71 Å². The fraction of sp³-hybridized carbons (Fsp3) is 0.280. The molecule has 5 rings (SSSR count). The third kappa shape index (κ3) is 2.62. The number of benzene rings is 3. The van der Waals surface area contributed by atoms with Crippen LogP contribution in [0.15, 0.2) is 54.6 Å². The zero-order chi connectivity index (χ0) is 18.5. The molecule has 0 spiro atoms. The summed E-state index contributed by atoms with van der Waals surface area (Å²) in [6.45, 7) is 7.18. The van der Waals surface area contributed by atoms with E-state index in [1.54, 1.807) is 11.1 Å². The minimum absolute atomic E-state index is 0.422. The van der Waals surface area contributed by atoms with Crippen molar-refractivity contribution in [2.75, 3.05) is 4.90 Å². The standard InChI is InChI=1S/C25H26BN/c1-17-11-13-24-21(15-17)26(3)22-16-18(2)12-14-25(22)27(24)23-10-6-8-19-7-4-5-9-20(19)23/h6,8,10-16H,4-5,7,9H2,1-3H3. The first-order chi connectivity index (χ1) is 13.1. The quantitative estimate of drug-likeness (QED) is 0.545. The molecule has 1 aliphatic heterocycles. The second kappa shape index (κ2) is 6.30. The summed E-state index contributed by atoms with van der Waals surface area (Å²) in [5.74, 6) is 0. The Morgan fingerprint density at radius 1 is 0.741 bits per heavy atom. The van der Waals surface area contributed by atoms with Gasteiger partial charge < -0.3 is 4.90 Å². The molecule has 0 saturated carbocycles. The molecule has 0 radical (unpaired) electrons. The summed E-state index contributed by atoms with van der Waals surface area (Å²) >= 11 is 0. The number of hydrogen-bond donors (Lipinski definition) is 0. The molecule has 3 aromatic rings. The summed E-state index contributed by atoms with van der Waals surface area (Å²) in [5, 5.41) is 0. The molecule has 1 aliphatic carbocycles. The van der Waals surface area contributed by atoms with Crippen LogP contribution < -0.4 is 15.8 Å². The second-order valence-electron chi connectivity index (χ2n) is 8.30. The number of hydrogen-bond acceptors (Lipinski definition) is 1. The number of rotatable bonds is 1. The van der Waals surface area contributed by atoms with Gasteiger partial charge >= 0.3 is 0 Å². The van der Waals surface area contributed by atoms with E-state index in [-0.39, 0.29) is 0 Å². The molecular weight excluding hydrogens is 325 g/mol. The van der Waals surface area contributed by atoms with Crippen LogP contribution >= 0.6 is 0 Å².